The van der Waals surface area contributed by atoms with Gasteiger partial charge in [0.15, 0.2) is 0 Å². The molecule has 110 valence electrons. The van der Waals surface area contributed by atoms with Gasteiger partial charge in [-0.25, -0.2) is 8.42 Å². The number of hydrogen-bond donors (Lipinski definition) is 1. The molecule has 0 saturated heterocycles. The maximum Gasteiger partial charge on any atom is 0.243 e. The lowest BCUT2D eigenvalue weighted by atomic mass is 10.2. The minimum Gasteiger partial charge on any atom is -0.397 e. The Balaban J connectivity index is 3.25. The number of sulfonamides is 1. The van der Waals surface area contributed by atoms with Crippen LogP contribution in [0.15, 0.2) is 17.0 Å². The second-order valence-electron chi connectivity index (χ2n) is 4.63. The van der Waals surface area contributed by atoms with Gasteiger partial charge in [0.1, 0.15) is 0 Å². The van der Waals surface area contributed by atoms with Crippen molar-refractivity contribution in [2.75, 3.05) is 18.8 Å². The highest BCUT2D eigenvalue weighted by Gasteiger charge is 2.25. The molecule has 0 aliphatic heterocycles. The van der Waals surface area contributed by atoms with Crippen LogP contribution in [0.25, 0.3) is 0 Å². The van der Waals surface area contributed by atoms with Crippen molar-refractivity contribution >= 4 is 27.3 Å². The second kappa shape index (κ2) is 6.44. The van der Waals surface area contributed by atoms with E-state index in [1.807, 2.05) is 6.07 Å². The summed E-state index contributed by atoms with van der Waals surface area (Å²) in [6.07, 6.45) is 0. The van der Waals surface area contributed by atoms with Gasteiger partial charge in [-0.05, 0) is 31.5 Å². The number of anilines is 1. The molecule has 0 amide bonds. The number of aryl methyl sites for hydroxylation is 1. The van der Waals surface area contributed by atoms with Crippen molar-refractivity contribution in [2.45, 2.75) is 25.7 Å². The maximum absolute atomic E-state index is 12.5. The van der Waals surface area contributed by atoms with Crippen molar-refractivity contribution < 1.29 is 8.42 Å². The third-order valence-electron chi connectivity index (χ3n) is 2.94. The number of nitrogens with zero attached hydrogens (tertiary/aromatic N) is 2. The smallest absolute Gasteiger partial charge is 0.243 e. The SMILES string of the molecule is CCN(CC(C)C#N)S(=O)(=O)c1cc(C)c(Cl)c(N)c1. The Hall–Kier alpha value is -1.29. The Morgan fingerprint density at radius 3 is 2.55 bits per heavy atom. The van der Waals surface area contributed by atoms with Crippen LogP contribution in [0.2, 0.25) is 5.02 Å². The average molecular weight is 316 g/mol. The summed E-state index contributed by atoms with van der Waals surface area (Å²) in [6.45, 7) is 5.55. The normalized spacial score (nSPS) is 13.2. The summed E-state index contributed by atoms with van der Waals surface area (Å²) >= 11 is 5.94. The molecule has 20 heavy (non-hydrogen) atoms. The van der Waals surface area contributed by atoms with Crippen LogP contribution < -0.4 is 5.73 Å². The predicted molar refractivity (Wildman–Crippen MR) is 79.8 cm³/mol. The van der Waals surface area contributed by atoms with Crippen LogP contribution in [0.5, 0.6) is 0 Å². The molecule has 2 N–H and O–H groups in total. The third kappa shape index (κ3) is 3.42. The van der Waals surface area contributed by atoms with Gasteiger partial charge in [0.05, 0.1) is 27.6 Å². The van der Waals surface area contributed by atoms with Gasteiger partial charge in [0, 0.05) is 13.1 Å². The van der Waals surface area contributed by atoms with E-state index < -0.39 is 10.0 Å². The van der Waals surface area contributed by atoms with Crippen molar-refractivity contribution in [1.29, 1.82) is 5.26 Å². The summed E-state index contributed by atoms with van der Waals surface area (Å²) in [4.78, 5) is 0.101. The fourth-order valence-corrected chi connectivity index (χ4v) is 3.57. The topological polar surface area (TPSA) is 87.2 Å². The number of benzene rings is 1. The first-order chi connectivity index (χ1) is 9.23. The molecule has 0 aliphatic carbocycles. The highest BCUT2D eigenvalue weighted by Crippen LogP contribution is 2.28. The van der Waals surface area contributed by atoms with Gasteiger partial charge >= 0.3 is 0 Å². The van der Waals surface area contributed by atoms with E-state index in [1.54, 1.807) is 20.8 Å². The molecule has 0 saturated carbocycles. The van der Waals surface area contributed by atoms with Gasteiger partial charge < -0.3 is 5.73 Å². The van der Waals surface area contributed by atoms with Gasteiger partial charge in [0.2, 0.25) is 10.0 Å². The van der Waals surface area contributed by atoms with Crippen LogP contribution in [0.4, 0.5) is 5.69 Å². The van der Waals surface area contributed by atoms with Crippen molar-refractivity contribution in [1.82, 2.24) is 4.31 Å². The molecule has 1 aromatic rings. The van der Waals surface area contributed by atoms with Crippen LogP contribution in [0.1, 0.15) is 19.4 Å². The number of nitriles is 1. The van der Waals surface area contributed by atoms with E-state index in [1.165, 1.54) is 16.4 Å². The molecule has 0 aliphatic rings. The Bertz CT molecular complexity index is 615. The Kier molecular flexibility index (Phi) is 5.40. The maximum atomic E-state index is 12.5. The summed E-state index contributed by atoms with van der Waals surface area (Å²) in [6, 6.07) is 4.88. The van der Waals surface area contributed by atoms with Crippen LogP contribution in [-0.2, 0) is 10.0 Å². The van der Waals surface area contributed by atoms with Crippen molar-refractivity contribution in [2.24, 2.45) is 5.92 Å². The van der Waals surface area contributed by atoms with Crippen LogP contribution in [0, 0.1) is 24.2 Å². The summed E-state index contributed by atoms with van der Waals surface area (Å²) in [5.41, 5.74) is 6.56. The van der Waals surface area contributed by atoms with Gasteiger partial charge in [0.25, 0.3) is 0 Å². The minimum absolute atomic E-state index is 0.101. The Morgan fingerprint density at radius 2 is 2.10 bits per heavy atom. The van der Waals surface area contributed by atoms with E-state index in [-0.39, 0.29) is 29.6 Å². The van der Waals surface area contributed by atoms with E-state index in [4.69, 9.17) is 22.6 Å². The minimum atomic E-state index is -3.67. The largest absolute Gasteiger partial charge is 0.397 e. The van der Waals surface area contributed by atoms with E-state index in [0.717, 1.165) is 0 Å². The standard InChI is InChI=1S/C13H18ClN3O2S/c1-4-17(8-9(2)7-15)20(18,19)11-5-10(3)13(14)12(16)6-11/h5-6,9H,4,8,16H2,1-3H3. The Labute approximate surface area is 125 Å². The zero-order valence-corrected chi connectivity index (χ0v) is 13.3. The molecule has 0 fully saturated rings. The molecule has 5 nitrogen and oxygen atoms in total. The molecule has 7 heteroatoms. The van der Waals surface area contributed by atoms with Gasteiger partial charge in [-0.2, -0.15) is 9.57 Å². The number of nitrogen functional groups attached to an aromatic ring is 1. The summed E-state index contributed by atoms with van der Waals surface area (Å²) in [5, 5.41) is 9.19. The average Bonchev–Trinajstić information content (AvgIpc) is 2.40. The molecule has 0 heterocycles. The molecular formula is C13H18ClN3O2S. The highest BCUT2D eigenvalue weighted by atomic mass is 35.5. The van der Waals surface area contributed by atoms with Gasteiger partial charge in [-0.15, -0.1) is 0 Å². The fraction of sp³-hybridized carbons (Fsp3) is 0.462. The molecule has 0 spiro atoms. The first kappa shape index (κ1) is 16.8. The Morgan fingerprint density at radius 1 is 1.50 bits per heavy atom. The first-order valence-electron chi connectivity index (χ1n) is 6.19. The van der Waals surface area contributed by atoms with E-state index >= 15 is 0 Å². The zero-order chi connectivity index (χ0) is 15.5. The number of hydrogen-bond acceptors (Lipinski definition) is 4. The van der Waals surface area contributed by atoms with E-state index in [9.17, 15) is 8.42 Å². The molecule has 1 aromatic carbocycles. The summed E-state index contributed by atoms with van der Waals surface area (Å²) in [5.74, 6) is -0.379. The van der Waals surface area contributed by atoms with Crippen molar-refractivity contribution in [3.8, 4) is 6.07 Å². The second-order valence-corrected chi connectivity index (χ2v) is 6.95. The molecule has 0 radical (unpaired) electrons. The van der Waals surface area contributed by atoms with Gasteiger partial charge in [-0.1, -0.05) is 18.5 Å². The number of halogens is 1. The fourth-order valence-electron chi connectivity index (χ4n) is 1.80. The quantitative estimate of drug-likeness (QED) is 0.845. The molecule has 1 atom stereocenters. The molecule has 1 rings (SSSR count). The monoisotopic (exact) mass is 315 g/mol. The van der Waals surface area contributed by atoms with Crippen LogP contribution in [0.3, 0.4) is 0 Å². The van der Waals surface area contributed by atoms with Crippen LogP contribution >= 0.6 is 11.6 Å². The molecular weight excluding hydrogens is 298 g/mol. The predicted octanol–water partition coefficient (Wildman–Crippen LogP) is 2.40. The zero-order valence-electron chi connectivity index (χ0n) is 11.7. The van der Waals surface area contributed by atoms with Crippen molar-refractivity contribution in [3.05, 3.63) is 22.7 Å². The van der Waals surface area contributed by atoms with E-state index in [0.29, 0.717) is 10.6 Å². The van der Waals surface area contributed by atoms with Gasteiger partial charge in [-0.3, -0.25) is 0 Å². The number of nitrogens with two attached hydrogens (primary N) is 1. The molecule has 0 bridgehead atoms. The van der Waals surface area contributed by atoms with Crippen LogP contribution in [-0.4, -0.2) is 25.8 Å². The first-order valence-corrected chi connectivity index (χ1v) is 8.01. The lowest BCUT2D eigenvalue weighted by Gasteiger charge is -2.22. The highest BCUT2D eigenvalue weighted by molar-refractivity contribution is 7.89. The molecule has 0 aromatic heterocycles. The number of rotatable bonds is 5. The van der Waals surface area contributed by atoms with Crippen molar-refractivity contribution in [3.63, 3.8) is 0 Å². The molecule has 1 unspecified atom stereocenters. The third-order valence-corrected chi connectivity index (χ3v) is 5.38. The van der Waals surface area contributed by atoms with E-state index in [2.05, 4.69) is 0 Å². The summed E-state index contributed by atoms with van der Waals surface area (Å²) in [7, 11) is -3.67. The summed E-state index contributed by atoms with van der Waals surface area (Å²) < 4.78 is 26.4. The lowest BCUT2D eigenvalue weighted by molar-refractivity contribution is 0.400. The lowest BCUT2D eigenvalue weighted by Crippen LogP contribution is -2.34.